The first kappa shape index (κ1) is 19.9. The number of aliphatic carboxylic acids is 1. The van der Waals surface area contributed by atoms with Gasteiger partial charge in [-0.05, 0) is 35.6 Å². The maximum atomic E-state index is 11.0. The number of aryl methyl sites for hydroxylation is 1. The van der Waals surface area contributed by atoms with E-state index in [0.29, 0.717) is 18.4 Å². The largest absolute Gasteiger partial charge is 0.481 e. The van der Waals surface area contributed by atoms with Crippen LogP contribution in [0.2, 0.25) is 0 Å². The minimum absolute atomic E-state index is 0.212. The molecule has 4 heteroatoms. The highest BCUT2D eigenvalue weighted by Gasteiger charge is 2.08. The van der Waals surface area contributed by atoms with Gasteiger partial charge in [0, 0.05) is 6.42 Å². The first-order valence-electron chi connectivity index (χ1n) is 8.67. The summed E-state index contributed by atoms with van der Waals surface area (Å²) in [5.74, 6) is -1.61. The zero-order chi connectivity index (χ0) is 19.5. The van der Waals surface area contributed by atoms with E-state index in [1.165, 1.54) is 0 Å². The maximum Gasteiger partial charge on any atom is 0.335 e. The molecular formula is C23H22O4. The molecule has 0 saturated carbocycles. The van der Waals surface area contributed by atoms with Crippen molar-refractivity contribution in [3.63, 3.8) is 0 Å². The van der Waals surface area contributed by atoms with Gasteiger partial charge >= 0.3 is 11.9 Å². The van der Waals surface area contributed by atoms with Crippen molar-refractivity contribution in [1.82, 2.24) is 0 Å². The van der Waals surface area contributed by atoms with Gasteiger partial charge in [-0.1, -0.05) is 78.9 Å². The van der Waals surface area contributed by atoms with Crippen LogP contribution in [0.5, 0.6) is 0 Å². The molecule has 3 rings (SSSR count). The Kier molecular flexibility index (Phi) is 7.79. The molecule has 0 fully saturated rings. The smallest absolute Gasteiger partial charge is 0.335 e. The van der Waals surface area contributed by atoms with Crippen LogP contribution in [-0.2, 0) is 17.6 Å². The molecule has 0 aliphatic carbocycles. The predicted molar refractivity (Wildman–Crippen MR) is 105 cm³/mol. The Morgan fingerprint density at radius 2 is 1.19 bits per heavy atom. The summed E-state index contributed by atoms with van der Waals surface area (Å²) in [6.45, 7) is 0. The van der Waals surface area contributed by atoms with E-state index in [9.17, 15) is 9.59 Å². The molecule has 3 aromatic carbocycles. The summed E-state index contributed by atoms with van der Waals surface area (Å²) in [4.78, 5) is 21.2. The fraction of sp³-hybridized carbons (Fsp3) is 0.130. The fourth-order valence-electron chi connectivity index (χ4n) is 2.59. The van der Waals surface area contributed by atoms with Gasteiger partial charge in [0.05, 0.1) is 5.56 Å². The van der Waals surface area contributed by atoms with Crippen LogP contribution in [0.25, 0.3) is 0 Å². The third-order valence-corrected chi connectivity index (χ3v) is 3.96. The van der Waals surface area contributed by atoms with E-state index in [0.717, 1.165) is 16.7 Å². The summed E-state index contributed by atoms with van der Waals surface area (Å²) in [6, 6.07) is 26.6. The molecule has 0 saturated heterocycles. The Labute approximate surface area is 158 Å². The molecular weight excluding hydrogens is 340 g/mol. The van der Waals surface area contributed by atoms with E-state index in [4.69, 9.17) is 10.2 Å². The quantitative estimate of drug-likeness (QED) is 0.668. The highest BCUT2D eigenvalue weighted by Crippen LogP contribution is 2.14. The van der Waals surface area contributed by atoms with Crippen molar-refractivity contribution in [2.75, 3.05) is 0 Å². The monoisotopic (exact) mass is 362 g/mol. The molecule has 0 heterocycles. The number of rotatable bonds is 6. The van der Waals surface area contributed by atoms with Crippen LogP contribution in [0.3, 0.4) is 0 Å². The van der Waals surface area contributed by atoms with Crippen LogP contribution in [0, 0.1) is 0 Å². The Morgan fingerprint density at radius 3 is 1.74 bits per heavy atom. The Bertz CT molecular complexity index is 858. The lowest BCUT2D eigenvalue weighted by Crippen LogP contribution is -2.02. The number of aromatic carboxylic acids is 1. The van der Waals surface area contributed by atoms with Crippen LogP contribution >= 0.6 is 0 Å². The number of hydrogen-bond donors (Lipinski definition) is 2. The maximum absolute atomic E-state index is 11.0. The summed E-state index contributed by atoms with van der Waals surface area (Å²) < 4.78 is 0. The predicted octanol–water partition coefficient (Wildman–Crippen LogP) is 4.68. The number of carbonyl (C=O) groups is 2. The zero-order valence-electron chi connectivity index (χ0n) is 14.9. The van der Waals surface area contributed by atoms with E-state index < -0.39 is 11.9 Å². The lowest BCUT2D eigenvalue weighted by Gasteiger charge is -2.05. The van der Waals surface area contributed by atoms with Crippen molar-refractivity contribution < 1.29 is 19.8 Å². The highest BCUT2D eigenvalue weighted by molar-refractivity contribution is 5.89. The first-order valence-corrected chi connectivity index (χ1v) is 8.67. The first-order chi connectivity index (χ1) is 13.1. The van der Waals surface area contributed by atoms with Crippen LogP contribution in [0.1, 0.15) is 33.5 Å². The van der Waals surface area contributed by atoms with E-state index in [-0.39, 0.29) is 6.42 Å². The summed E-state index contributed by atoms with van der Waals surface area (Å²) in [5.41, 5.74) is 3.43. The molecule has 27 heavy (non-hydrogen) atoms. The molecule has 0 aliphatic rings. The van der Waals surface area contributed by atoms with Crippen LogP contribution < -0.4 is 0 Å². The van der Waals surface area contributed by atoms with E-state index in [2.05, 4.69) is 0 Å². The second-order valence-corrected chi connectivity index (χ2v) is 6.00. The second-order valence-electron chi connectivity index (χ2n) is 6.00. The summed E-state index contributed by atoms with van der Waals surface area (Å²) >= 11 is 0. The van der Waals surface area contributed by atoms with Crippen molar-refractivity contribution in [1.29, 1.82) is 0 Å². The number of carboxylic acids is 2. The zero-order valence-corrected chi connectivity index (χ0v) is 14.9. The summed E-state index contributed by atoms with van der Waals surface area (Å²) in [5, 5.41) is 17.4. The van der Waals surface area contributed by atoms with Gasteiger partial charge in [-0.15, -0.1) is 0 Å². The lowest BCUT2D eigenvalue weighted by atomic mass is 10.00. The van der Waals surface area contributed by atoms with Gasteiger partial charge in [-0.3, -0.25) is 4.79 Å². The Hall–Kier alpha value is -3.40. The minimum atomic E-state index is -0.869. The number of benzene rings is 3. The van der Waals surface area contributed by atoms with Gasteiger partial charge in [-0.25, -0.2) is 4.79 Å². The highest BCUT2D eigenvalue weighted by atomic mass is 16.4. The lowest BCUT2D eigenvalue weighted by molar-refractivity contribution is -0.136. The molecule has 2 N–H and O–H groups in total. The third kappa shape index (κ3) is 7.16. The Balaban J connectivity index is 0.000000208. The van der Waals surface area contributed by atoms with Crippen molar-refractivity contribution in [3.05, 3.63) is 107 Å². The molecule has 0 amide bonds. The molecule has 0 spiro atoms. The molecule has 0 aromatic heterocycles. The van der Waals surface area contributed by atoms with Gasteiger partial charge in [-0.2, -0.15) is 0 Å². The van der Waals surface area contributed by atoms with E-state index >= 15 is 0 Å². The van der Waals surface area contributed by atoms with Crippen LogP contribution in [0.4, 0.5) is 0 Å². The average molecular weight is 362 g/mol. The topological polar surface area (TPSA) is 74.6 Å². The molecule has 3 aromatic rings. The average Bonchev–Trinajstić information content (AvgIpc) is 2.69. The molecule has 0 aliphatic heterocycles. The SMILES string of the molecule is O=C(O)CCc1ccccc1.O=C(O)c1ccccc1Cc1ccccc1. The minimum Gasteiger partial charge on any atom is -0.481 e. The van der Waals surface area contributed by atoms with Crippen LogP contribution in [-0.4, -0.2) is 22.2 Å². The number of carboxylic acid groups (broad SMARTS) is 2. The summed E-state index contributed by atoms with van der Waals surface area (Å²) in [6.07, 6.45) is 1.49. The molecule has 0 atom stereocenters. The second kappa shape index (κ2) is 10.6. The molecule has 0 bridgehead atoms. The summed E-state index contributed by atoms with van der Waals surface area (Å²) in [7, 11) is 0. The van der Waals surface area contributed by atoms with Crippen molar-refractivity contribution in [2.24, 2.45) is 0 Å². The van der Waals surface area contributed by atoms with E-state index in [1.807, 2.05) is 72.8 Å². The Morgan fingerprint density at radius 1 is 0.667 bits per heavy atom. The third-order valence-electron chi connectivity index (χ3n) is 3.96. The van der Waals surface area contributed by atoms with Gasteiger partial charge in [0.15, 0.2) is 0 Å². The van der Waals surface area contributed by atoms with Crippen molar-refractivity contribution >= 4 is 11.9 Å². The van der Waals surface area contributed by atoms with Gasteiger partial charge in [0.1, 0.15) is 0 Å². The standard InChI is InChI=1S/C14H12O2.C9H10O2/c15-14(16)13-9-5-4-8-12(13)10-11-6-2-1-3-7-11;10-9(11)7-6-8-4-2-1-3-5-8/h1-9H,10H2,(H,15,16);1-5H,6-7H2,(H,10,11). The molecule has 138 valence electrons. The van der Waals surface area contributed by atoms with Gasteiger partial charge in [0.2, 0.25) is 0 Å². The van der Waals surface area contributed by atoms with Crippen molar-refractivity contribution in [3.8, 4) is 0 Å². The van der Waals surface area contributed by atoms with Crippen LogP contribution in [0.15, 0.2) is 84.9 Å². The van der Waals surface area contributed by atoms with Gasteiger partial charge in [0.25, 0.3) is 0 Å². The van der Waals surface area contributed by atoms with E-state index in [1.54, 1.807) is 12.1 Å². The molecule has 0 radical (unpaired) electrons. The molecule has 4 nitrogen and oxygen atoms in total. The van der Waals surface area contributed by atoms with Crippen molar-refractivity contribution in [2.45, 2.75) is 19.3 Å². The van der Waals surface area contributed by atoms with Gasteiger partial charge < -0.3 is 10.2 Å². The molecule has 0 unspecified atom stereocenters. The number of hydrogen-bond acceptors (Lipinski definition) is 2. The normalized spacial score (nSPS) is 9.78. The fourth-order valence-corrected chi connectivity index (χ4v) is 2.59.